The summed E-state index contributed by atoms with van der Waals surface area (Å²) in [6, 6.07) is 2.22. The summed E-state index contributed by atoms with van der Waals surface area (Å²) in [6.45, 7) is 3.36. The maximum Gasteiger partial charge on any atom is 0.141 e. The van der Waals surface area contributed by atoms with Crippen molar-refractivity contribution in [2.45, 2.75) is 38.3 Å². The van der Waals surface area contributed by atoms with E-state index in [0.717, 1.165) is 44.0 Å². The van der Waals surface area contributed by atoms with E-state index in [4.69, 9.17) is 4.74 Å². The molecule has 0 amide bonds. The molecule has 1 aliphatic heterocycles. The van der Waals surface area contributed by atoms with Gasteiger partial charge in [-0.2, -0.15) is 0 Å². The van der Waals surface area contributed by atoms with Crippen molar-refractivity contribution in [3.05, 3.63) is 23.6 Å². The van der Waals surface area contributed by atoms with Crippen molar-refractivity contribution < 1.29 is 9.13 Å². The first kappa shape index (κ1) is 14.7. The van der Waals surface area contributed by atoms with Gasteiger partial charge in [-0.05, 0) is 37.7 Å². The lowest BCUT2D eigenvalue weighted by molar-refractivity contribution is 0.0685. The van der Waals surface area contributed by atoms with E-state index in [1.165, 1.54) is 19.0 Å². The maximum absolute atomic E-state index is 13.5. The zero-order valence-electron chi connectivity index (χ0n) is 12.6. The lowest BCUT2D eigenvalue weighted by Gasteiger charge is -2.29. The fourth-order valence-corrected chi connectivity index (χ4v) is 2.89. The average molecular weight is 293 g/mol. The second kappa shape index (κ2) is 6.71. The number of nitrogens with one attached hydrogen (secondary N) is 1. The Morgan fingerprint density at radius 2 is 2.10 bits per heavy atom. The molecular formula is C16H24FN3O. The minimum atomic E-state index is -0.259. The van der Waals surface area contributed by atoms with Crippen molar-refractivity contribution in [1.82, 2.24) is 10.3 Å². The van der Waals surface area contributed by atoms with Crippen molar-refractivity contribution in [2.24, 2.45) is 5.92 Å². The van der Waals surface area contributed by atoms with Crippen molar-refractivity contribution >= 4 is 5.82 Å². The zero-order chi connectivity index (χ0) is 14.7. The van der Waals surface area contributed by atoms with Crippen molar-refractivity contribution in [2.75, 3.05) is 31.7 Å². The highest BCUT2D eigenvalue weighted by Gasteiger charge is 2.22. The van der Waals surface area contributed by atoms with Crippen molar-refractivity contribution in [3.8, 4) is 0 Å². The number of nitrogens with zero attached hydrogens (tertiary/aromatic N) is 2. The van der Waals surface area contributed by atoms with Crippen LogP contribution < -0.4 is 10.2 Å². The van der Waals surface area contributed by atoms with Gasteiger partial charge in [0.15, 0.2) is 0 Å². The van der Waals surface area contributed by atoms with Crippen molar-refractivity contribution in [1.29, 1.82) is 0 Å². The van der Waals surface area contributed by atoms with Crippen LogP contribution in [-0.4, -0.2) is 37.8 Å². The molecule has 1 saturated carbocycles. The number of aromatic nitrogens is 1. The van der Waals surface area contributed by atoms with Gasteiger partial charge in [-0.1, -0.05) is 0 Å². The van der Waals surface area contributed by atoms with E-state index >= 15 is 0 Å². The van der Waals surface area contributed by atoms with Gasteiger partial charge < -0.3 is 15.0 Å². The predicted molar refractivity (Wildman–Crippen MR) is 80.9 cm³/mol. The van der Waals surface area contributed by atoms with Crippen LogP contribution in [0.25, 0.3) is 0 Å². The number of rotatable bonds is 6. The molecule has 1 N–H and O–H groups in total. The Morgan fingerprint density at radius 1 is 1.33 bits per heavy atom. The Balaban J connectivity index is 1.66. The topological polar surface area (TPSA) is 37.4 Å². The molecule has 0 aromatic carbocycles. The van der Waals surface area contributed by atoms with E-state index in [0.29, 0.717) is 18.5 Å². The highest BCUT2D eigenvalue weighted by atomic mass is 19.1. The third-order valence-corrected chi connectivity index (χ3v) is 4.30. The monoisotopic (exact) mass is 293 g/mol. The van der Waals surface area contributed by atoms with Crippen LogP contribution in [0.15, 0.2) is 12.3 Å². The molecule has 4 nitrogen and oxygen atoms in total. The van der Waals surface area contributed by atoms with E-state index < -0.39 is 0 Å². The first-order valence-corrected chi connectivity index (χ1v) is 7.89. The highest BCUT2D eigenvalue weighted by Crippen LogP contribution is 2.24. The zero-order valence-corrected chi connectivity index (χ0v) is 12.6. The molecule has 0 unspecified atom stereocenters. The van der Waals surface area contributed by atoms with Gasteiger partial charge in [0.1, 0.15) is 11.6 Å². The van der Waals surface area contributed by atoms with Crippen LogP contribution in [0.2, 0.25) is 0 Å². The fourth-order valence-electron chi connectivity index (χ4n) is 2.89. The quantitative estimate of drug-likeness (QED) is 0.873. The van der Waals surface area contributed by atoms with E-state index in [1.54, 1.807) is 6.07 Å². The van der Waals surface area contributed by atoms with Crippen LogP contribution in [0.1, 0.15) is 31.2 Å². The van der Waals surface area contributed by atoms with Gasteiger partial charge in [0.25, 0.3) is 0 Å². The summed E-state index contributed by atoms with van der Waals surface area (Å²) in [6.07, 6.45) is 5.98. The summed E-state index contributed by atoms with van der Waals surface area (Å²) in [5, 5.41) is 3.45. The number of halogens is 1. The summed E-state index contributed by atoms with van der Waals surface area (Å²) in [5.74, 6) is 1.28. The minimum absolute atomic E-state index is 0.259. The standard InChI is InChI=1S/C16H24FN3O/c1-20(11-12-4-6-21-7-5-12)16-13(8-14(17)10-19-16)9-18-15-2-3-15/h8,10,12,15,18H,2-7,9,11H2,1H3. The predicted octanol–water partition coefficient (Wildman–Crippen LogP) is 2.34. The SMILES string of the molecule is CN(CC1CCOCC1)c1ncc(F)cc1CNC1CC1. The van der Waals surface area contributed by atoms with Crippen LogP contribution in [0, 0.1) is 11.7 Å². The fraction of sp³-hybridized carbons (Fsp3) is 0.688. The Labute approximate surface area is 125 Å². The van der Waals surface area contributed by atoms with Gasteiger partial charge >= 0.3 is 0 Å². The van der Waals surface area contributed by atoms with Crippen LogP contribution in [0.5, 0.6) is 0 Å². The van der Waals surface area contributed by atoms with Gasteiger partial charge in [-0.3, -0.25) is 0 Å². The second-order valence-corrected chi connectivity index (χ2v) is 6.23. The molecule has 2 aliphatic rings. The molecule has 1 aliphatic carbocycles. The maximum atomic E-state index is 13.5. The summed E-state index contributed by atoms with van der Waals surface area (Å²) >= 11 is 0. The van der Waals surface area contributed by atoms with Gasteiger partial charge in [0, 0.05) is 45.0 Å². The molecule has 0 radical (unpaired) electrons. The van der Waals surface area contributed by atoms with Crippen LogP contribution >= 0.6 is 0 Å². The normalized spacial score (nSPS) is 19.7. The van der Waals surface area contributed by atoms with Gasteiger partial charge in [-0.25, -0.2) is 9.37 Å². The van der Waals surface area contributed by atoms with Crippen LogP contribution in [-0.2, 0) is 11.3 Å². The minimum Gasteiger partial charge on any atom is -0.381 e. The van der Waals surface area contributed by atoms with Gasteiger partial charge in [-0.15, -0.1) is 0 Å². The highest BCUT2D eigenvalue weighted by molar-refractivity contribution is 5.46. The summed E-state index contributed by atoms with van der Waals surface area (Å²) in [5.41, 5.74) is 0.955. The van der Waals surface area contributed by atoms with E-state index in [1.807, 2.05) is 0 Å². The number of pyridine rings is 1. The summed E-state index contributed by atoms with van der Waals surface area (Å²) in [4.78, 5) is 6.49. The van der Waals surface area contributed by atoms with Gasteiger partial charge in [0.2, 0.25) is 0 Å². The van der Waals surface area contributed by atoms with Crippen molar-refractivity contribution in [3.63, 3.8) is 0 Å². The molecule has 1 saturated heterocycles. The van der Waals surface area contributed by atoms with E-state index in [9.17, 15) is 4.39 Å². The summed E-state index contributed by atoms with van der Waals surface area (Å²) in [7, 11) is 2.05. The molecule has 0 atom stereocenters. The Bertz CT molecular complexity index is 473. The Hall–Kier alpha value is -1.20. The largest absolute Gasteiger partial charge is 0.381 e. The number of hydrogen-bond acceptors (Lipinski definition) is 4. The summed E-state index contributed by atoms with van der Waals surface area (Å²) < 4.78 is 18.9. The molecule has 1 aromatic rings. The van der Waals surface area contributed by atoms with Crippen LogP contribution in [0.3, 0.4) is 0 Å². The Morgan fingerprint density at radius 3 is 2.81 bits per heavy atom. The van der Waals surface area contributed by atoms with E-state index in [2.05, 4.69) is 22.2 Å². The Kier molecular flexibility index (Phi) is 4.70. The third kappa shape index (κ3) is 4.14. The van der Waals surface area contributed by atoms with E-state index in [-0.39, 0.29) is 5.82 Å². The number of hydrogen-bond donors (Lipinski definition) is 1. The second-order valence-electron chi connectivity index (χ2n) is 6.23. The lowest BCUT2D eigenvalue weighted by Crippen LogP contribution is -2.31. The average Bonchev–Trinajstić information content (AvgIpc) is 3.30. The third-order valence-electron chi connectivity index (χ3n) is 4.30. The van der Waals surface area contributed by atoms with Crippen LogP contribution in [0.4, 0.5) is 10.2 Å². The molecular weight excluding hydrogens is 269 g/mol. The molecule has 0 spiro atoms. The molecule has 3 rings (SSSR count). The first-order valence-electron chi connectivity index (χ1n) is 7.89. The first-order chi connectivity index (χ1) is 10.2. The number of ether oxygens (including phenoxy) is 1. The van der Waals surface area contributed by atoms with Gasteiger partial charge in [0.05, 0.1) is 6.20 Å². The molecule has 2 heterocycles. The molecule has 21 heavy (non-hydrogen) atoms. The lowest BCUT2D eigenvalue weighted by atomic mass is 10.00. The molecule has 116 valence electrons. The smallest absolute Gasteiger partial charge is 0.141 e. The molecule has 1 aromatic heterocycles. The molecule has 0 bridgehead atoms. The number of anilines is 1. The molecule has 5 heteroatoms. The molecule has 2 fully saturated rings.